The number of benzene rings is 1. The number of rotatable bonds is 5. The van der Waals surface area contributed by atoms with Crippen molar-refractivity contribution in [2.45, 2.75) is 26.2 Å². The lowest BCUT2D eigenvalue weighted by molar-refractivity contribution is -0.137. The van der Waals surface area contributed by atoms with Gasteiger partial charge in [0, 0.05) is 6.54 Å². The standard InChI is InChI=1S/C16H18F3N3O.HI/c1-2-20-15(22-11-14-4-3-9-23-14)21-10-12-5-7-13(8-6-12)16(17,18)19;/h3-9H,2,10-11H2,1H3,(H2,20,21,22);1H. The number of alkyl halides is 3. The van der Waals surface area contributed by atoms with Crippen molar-refractivity contribution < 1.29 is 17.6 Å². The van der Waals surface area contributed by atoms with Crippen LogP contribution in [0.25, 0.3) is 0 Å². The van der Waals surface area contributed by atoms with Gasteiger partial charge in [0.2, 0.25) is 0 Å². The minimum absolute atomic E-state index is 0. The second-order valence-electron chi connectivity index (χ2n) is 4.82. The number of nitrogens with one attached hydrogen (secondary N) is 2. The molecule has 1 aromatic heterocycles. The average molecular weight is 453 g/mol. The first-order valence-electron chi connectivity index (χ1n) is 7.19. The predicted octanol–water partition coefficient (Wildman–Crippen LogP) is 4.17. The number of hydrogen-bond acceptors (Lipinski definition) is 2. The van der Waals surface area contributed by atoms with Crippen LogP contribution in [-0.4, -0.2) is 12.5 Å². The van der Waals surface area contributed by atoms with E-state index in [0.717, 1.165) is 17.9 Å². The molecule has 1 heterocycles. The molecular weight excluding hydrogens is 434 g/mol. The maximum Gasteiger partial charge on any atom is 0.416 e. The number of halogens is 4. The van der Waals surface area contributed by atoms with Gasteiger partial charge < -0.3 is 15.1 Å². The van der Waals surface area contributed by atoms with E-state index < -0.39 is 11.7 Å². The first-order chi connectivity index (χ1) is 11.0. The van der Waals surface area contributed by atoms with Gasteiger partial charge in [0.25, 0.3) is 0 Å². The van der Waals surface area contributed by atoms with Crippen molar-refractivity contribution in [2.75, 3.05) is 6.54 Å². The number of aliphatic imine (C=N–C) groups is 1. The summed E-state index contributed by atoms with van der Waals surface area (Å²) in [5, 5.41) is 6.16. The van der Waals surface area contributed by atoms with Crippen LogP contribution in [0.15, 0.2) is 52.1 Å². The first kappa shape index (κ1) is 20.3. The molecule has 0 radical (unpaired) electrons. The SMILES string of the molecule is CCNC(=NCc1ccc(C(F)(F)F)cc1)NCc1ccco1.I. The summed E-state index contributed by atoms with van der Waals surface area (Å²) in [5.74, 6) is 1.34. The van der Waals surface area contributed by atoms with E-state index in [-0.39, 0.29) is 30.5 Å². The third kappa shape index (κ3) is 6.42. The molecule has 0 aliphatic carbocycles. The topological polar surface area (TPSA) is 49.6 Å². The molecule has 132 valence electrons. The summed E-state index contributed by atoms with van der Waals surface area (Å²) in [6, 6.07) is 8.63. The average Bonchev–Trinajstić information content (AvgIpc) is 3.03. The summed E-state index contributed by atoms with van der Waals surface area (Å²) in [4.78, 5) is 4.35. The summed E-state index contributed by atoms with van der Waals surface area (Å²) in [5.41, 5.74) is 0.0429. The highest BCUT2D eigenvalue weighted by Gasteiger charge is 2.29. The summed E-state index contributed by atoms with van der Waals surface area (Å²) in [7, 11) is 0. The van der Waals surface area contributed by atoms with E-state index in [9.17, 15) is 13.2 Å². The van der Waals surface area contributed by atoms with E-state index in [4.69, 9.17) is 4.42 Å². The van der Waals surface area contributed by atoms with Crippen LogP contribution in [-0.2, 0) is 19.3 Å². The highest BCUT2D eigenvalue weighted by molar-refractivity contribution is 14.0. The maximum atomic E-state index is 12.5. The van der Waals surface area contributed by atoms with Crippen molar-refractivity contribution >= 4 is 29.9 Å². The zero-order valence-electron chi connectivity index (χ0n) is 13.1. The van der Waals surface area contributed by atoms with Crippen LogP contribution in [0.1, 0.15) is 23.8 Å². The van der Waals surface area contributed by atoms with Crippen LogP contribution >= 0.6 is 24.0 Å². The maximum absolute atomic E-state index is 12.5. The lowest BCUT2D eigenvalue weighted by Crippen LogP contribution is -2.36. The van der Waals surface area contributed by atoms with Gasteiger partial charge in [-0.2, -0.15) is 13.2 Å². The van der Waals surface area contributed by atoms with E-state index in [1.165, 1.54) is 12.1 Å². The third-order valence-corrected chi connectivity index (χ3v) is 3.06. The molecule has 0 atom stereocenters. The molecular formula is C16H19F3IN3O. The van der Waals surface area contributed by atoms with Gasteiger partial charge in [0.15, 0.2) is 5.96 Å². The highest BCUT2D eigenvalue weighted by Crippen LogP contribution is 2.29. The molecule has 0 amide bonds. The zero-order chi connectivity index (χ0) is 16.7. The quantitative estimate of drug-likeness (QED) is 0.406. The van der Waals surface area contributed by atoms with Crippen LogP contribution in [0.3, 0.4) is 0 Å². The van der Waals surface area contributed by atoms with Crippen LogP contribution in [0.4, 0.5) is 13.2 Å². The van der Waals surface area contributed by atoms with E-state index in [0.29, 0.717) is 24.6 Å². The molecule has 0 spiro atoms. The fourth-order valence-electron chi connectivity index (χ4n) is 1.90. The van der Waals surface area contributed by atoms with Crippen molar-refractivity contribution in [3.05, 3.63) is 59.5 Å². The van der Waals surface area contributed by atoms with Crippen LogP contribution < -0.4 is 10.6 Å². The van der Waals surface area contributed by atoms with Crippen molar-refractivity contribution in [1.29, 1.82) is 0 Å². The first-order valence-corrected chi connectivity index (χ1v) is 7.19. The number of furan rings is 1. The largest absolute Gasteiger partial charge is 0.467 e. The molecule has 2 aromatic rings. The van der Waals surface area contributed by atoms with Gasteiger partial charge in [0.1, 0.15) is 5.76 Å². The lowest BCUT2D eigenvalue weighted by atomic mass is 10.1. The van der Waals surface area contributed by atoms with Crippen molar-refractivity contribution in [1.82, 2.24) is 10.6 Å². The van der Waals surface area contributed by atoms with Gasteiger partial charge in [-0.3, -0.25) is 0 Å². The highest BCUT2D eigenvalue weighted by atomic mass is 127. The van der Waals surface area contributed by atoms with Crippen LogP contribution in [0, 0.1) is 0 Å². The molecule has 0 saturated carbocycles. The van der Waals surface area contributed by atoms with E-state index in [1.807, 2.05) is 13.0 Å². The van der Waals surface area contributed by atoms with Crippen molar-refractivity contribution in [3.63, 3.8) is 0 Å². The molecule has 0 aliphatic heterocycles. The van der Waals surface area contributed by atoms with Crippen LogP contribution in [0.2, 0.25) is 0 Å². The van der Waals surface area contributed by atoms with Crippen molar-refractivity contribution in [2.24, 2.45) is 4.99 Å². The summed E-state index contributed by atoms with van der Waals surface area (Å²) < 4.78 is 42.8. The Morgan fingerprint density at radius 2 is 1.83 bits per heavy atom. The molecule has 2 rings (SSSR count). The van der Waals surface area contributed by atoms with E-state index >= 15 is 0 Å². The number of guanidine groups is 1. The Balaban J connectivity index is 0.00000288. The second kappa shape index (κ2) is 9.55. The molecule has 1 aromatic carbocycles. The molecule has 0 bridgehead atoms. The Morgan fingerprint density at radius 1 is 1.12 bits per heavy atom. The lowest BCUT2D eigenvalue weighted by Gasteiger charge is -2.10. The molecule has 8 heteroatoms. The summed E-state index contributed by atoms with van der Waals surface area (Å²) >= 11 is 0. The smallest absolute Gasteiger partial charge is 0.416 e. The Kier molecular flexibility index (Phi) is 8.09. The molecule has 0 aliphatic rings. The van der Waals surface area contributed by atoms with E-state index in [2.05, 4.69) is 15.6 Å². The minimum Gasteiger partial charge on any atom is -0.467 e. The number of nitrogens with zero attached hydrogens (tertiary/aromatic N) is 1. The normalized spacial score (nSPS) is 11.8. The van der Waals surface area contributed by atoms with Crippen LogP contribution in [0.5, 0.6) is 0 Å². The molecule has 0 fully saturated rings. The number of hydrogen-bond donors (Lipinski definition) is 2. The Bertz CT molecular complexity index is 625. The predicted molar refractivity (Wildman–Crippen MR) is 97.2 cm³/mol. The van der Waals surface area contributed by atoms with Gasteiger partial charge in [-0.15, -0.1) is 24.0 Å². The third-order valence-electron chi connectivity index (χ3n) is 3.06. The van der Waals surface area contributed by atoms with Gasteiger partial charge in [0.05, 0.1) is 24.9 Å². The Labute approximate surface area is 155 Å². The Morgan fingerprint density at radius 3 is 2.38 bits per heavy atom. The minimum atomic E-state index is -4.32. The van der Waals surface area contributed by atoms with Gasteiger partial charge in [-0.1, -0.05) is 12.1 Å². The van der Waals surface area contributed by atoms with Gasteiger partial charge in [-0.05, 0) is 36.8 Å². The molecule has 0 unspecified atom stereocenters. The molecule has 4 nitrogen and oxygen atoms in total. The summed E-state index contributed by atoms with van der Waals surface area (Å²) in [6.45, 7) is 3.37. The monoisotopic (exact) mass is 453 g/mol. The summed E-state index contributed by atoms with van der Waals surface area (Å²) in [6.07, 6.45) is -2.73. The molecule has 0 saturated heterocycles. The van der Waals surface area contributed by atoms with Crippen molar-refractivity contribution in [3.8, 4) is 0 Å². The molecule has 24 heavy (non-hydrogen) atoms. The zero-order valence-corrected chi connectivity index (χ0v) is 15.4. The molecule has 2 N–H and O–H groups in total. The second-order valence-corrected chi connectivity index (χ2v) is 4.82. The Hall–Kier alpha value is -1.71. The fourth-order valence-corrected chi connectivity index (χ4v) is 1.90. The van der Waals surface area contributed by atoms with Gasteiger partial charge in [-0.25, -0.2) is 4.99 Å². The van der Waals surface area contributed by atoms with E-state index in [1.54, 1.807) is 12.3 Å². The van der Waals surface area contributed by atoms with Gasteiger partial charge >= 0.3 is 6.18 Å². The fraction of sp³-hybridized carbons (Fsp3) is 0.312.